The Bertz CT molecular complexity index is 278. The minimum absolute atomic E-state index is 0.589. The van der Waals surface area contributed by atoms with Crippen LogP contribution in [0.1, 0.15) is 58.3 Å². The zero-order valence-electron chi connectivity index (χ0n) is 11.2. The van der Waals surface area contributed by atoms with Crippen molar-refractivity contribution in [2.24, 2.45) is 23.7 Å². The van der Waals surface area contributed by atoms with Crippen LogP contribution in [-0.2, 0) is 0 Å². The maximum absolute atomic E-state index is 5.52. The Kier molecular flexibility index (Phi) is 4.72. The van der Waals surface area contributed by atoms with Gasteiger partial charge in [-0.1, -0.05) is 12.2 Å². The summed E-state index contributed by atoms with van der Waals surface area (Å²) < 4.78 is 0. The highest BCUT2D eigenvalue weighted by molar-refractivity contribution is 4.97. The monoisotopic (exact) mass is 230 g/mol. The van der Waals surface area contributed by atoms with Gasteiger partial charge in [0, 0.05) is 5.92 Å². The van der Waals surface area contributed by atoms with Crippen LogP contribution in [0, 0.1) is 36.0 Å². The summed E-state index contributed by atoms with van der Waals surface area (Å²) in [6.07, 6.45) is 21.3. The number of hydrogen-bond acceptors (Lipinski definition) is 0. The van der Waals surface area contributed by atoms with E-state index in [0.717, 1.165) is 17.8 Å². The summed E-state index contributed by atoms with van der Waals surface area (Å²) in [6.45, 7) is 2.15. The normalized spacial score (nSPS) is 39.1. The summed E-state index contributed by atoms with van der Waals surface area (Å²) in [4.78, 5) is 0. The molecule has 0 heteroatoms. The van der Waals surface area contributed by atoms with Crippen molar-refractivity contribution >= 4 is 0 Å². The second kappa shape index (κ2) is 6.29. The topological polar surface area (TPSA) is 0 Å². The van der Waals surface area contributed by atoms with Crippen LogP contribution in [-0.4, -0.2) is 0 Å². The van der Waals surface area contributed by atoms with E-state index in [-0.39, 0.29) is 0 Å². The average Bonchev–Trinajstić information content (AvgIpc) is 2.40. The molecular weight excluding hydrogens is 204 g/mol. The molecule has 0 aliphatic heterocycles. The van der Waals surface area contributed by atoms with Gasteiger partial charge in [-0.25, -0.2) is 0 Å². The first-order valence-corrected chi connectivity index (χ1v) is 7.42. The predicted molar refractivity (Wildman–Crippen MR) is 74.5 cm³/mol. The van der Waals surface area contributed by atoms with Crippen molar-refractivity contribution in [3.8, 4) is 12.3 Å². The third kappa shape index (κ3) is 3.38. The van der Waals surface area contributed by atoms with Crippen molar-refractivity contribution in [3.05, 3.63) is 12.2 Å². The van der Waals surface area contributed by atoms with E-state index in [2.05, 4.69) is 25.0 Å². The van der Waals surface area contributed by atoms with Gasteiger partial charge in [0.25, 0.3) is 0 Å². The molecule has 94 valence electrons. The van der Waals surface area contributed by atoms with Crippen molar-refractivity contribution in [1.82, 2.24) is 0 Å². The highest BCUT2D eigenvalue weighted by atomic mass is 14.3. The number of terminal acetylenes is 1. The minimum atomic E-state index is 0.589. The SMILES string of the molecule is C#CC1CCC(C2CCC(C=CC)CC2)CC1. The van der Waals surface area contributed by atoms with Crippen LogP contribution in [0.25, 0.3) is 0 Å². The van der Waals surface area contributed by atoms with Crippen molar-refractivity contribution < 1.29 is 0 Å². The third-order valence-corrected chi connectivity index (χ3v) is 4.96. The lowest BCUT2D eigenvalue weighted by Crippen LogP contribution is -2.25. The molecule has 0 saturated heterocycles. The first-order chi connectivity index (χ1) is 8.33. The van der Waals surface area contributed by atoms with Gasteiger partial charge in [-0.15, -0.1) is 12.3 Å². The molecule has 2 aliphatic rings. The molecule has 2 aliphatic carbocycles. The Labute approximate surface area is 107 Å². The molecule has 0 heterocycles. The second-order valence-electron chi connectivity index (χ2n) is 5.98. The van der Waals surface area contributed by atoms with E-state index in [4.69, 9.17) is 6.42 Å². The van der Waals surface area contributed by atoms with Crippen LogP contribution in [0.5, 0.6) is 0 Å². The van der Waals surface area contributed by atoms with Gasteiger partial charge in [-0.3, -0.25) is 0 Å². The van der Waals surface area contributed by atoms with Gasteiger partial charge in [-0.05, 0) is 76.0 Å². The quantitative estimate of drug-likeness (QED) is 0.472. The molecule has 0 unspecified atom stereocenters. The molecule has 0 aromatic carbocycles. The van der Waals surface area contributed by atoms with E-state index in [1.165, 1.54) is 51.4 Å². The van der Waals surface area contributed by atoms with Crippen molar-refractivity contribution in [2.45, 2.75) is 58.3 Å². The van der Waals surface area contributed by atoms with Crippen LogP contribution in [0.2, 0.25) is 0 Å². The number of hydrogen-bond donors (Lipinski definition) is 0. The largest absolute Gasteiger partial charge is 0.120 e. The van der Waals surface area contributed by atoms with E-state index in [1.54, 1.807) is 0 Å². The second-order valence-corrected chi connectivity index (χ2v) is 5.98. The molecule has 0 radical (unpaired) electrons. The lowest BCUT2D eigenvalue weighted by atomic mass is 9.69. The van der Waals surface area contributed by atoms with Gasteiger partial charge in [0.15, 0.2) is 0 Å². The van der Waals surface area contributed by atoms with E-state index in [0.29, 0.717) is 5.92 Å². The Morgan fingerprint density at radius 3 is 1.88 bits per heavy atom. The van der Waals surface area contributed by atoms with E-state index in [9.17, 15) is 0 Å². The lowest BCUT2D eigenvalue weighted by Gasteiger charge is -2.36. The highest BCUT2D eigenvalue weighted by Crippen LogP contribution is 2.41. The summed E-state index contributed by atoms with van der Waals surface area (Å²) in [5.41, 5.74) is 0. The van der Waals surface area contributed by atoms with E-state index < -0.39 is 0 Å². The fraction of sp³-hybridized carbons (Fsp3) is 0.765. The number of rotatable bonds is 2. The molecule has 2 rings (SSSR count). The molecule has 2 fully saturated rings. The molecule has 0 bridgehead atoms. The standard InChI is InChI=1S/C17H26/c1-3-5-15-8-12-17(13-9-15)16-10-6-14(4-2)7-11-16/h2-3,5,14-17H,6-13H2,1H3. The van der Waals surface area contributed by atoms with Crippen molar-refractivity contribution in [2.75, 3.05) is 0 Å². The number of allylic oxidation sites excluding steroid dienone is 2. The Morgan fingerprint density at radius 2 is 1.41 bits per heavy atom. The third-order valence-electron chi connectivity index (χ3n) is 4.96. The first kappa shape index (κ1) is 12.7. The Hall–Kier alpha value is -0.700. The maximum Gasteiger partial charge on any atom is 0.0200 e. The van der Waals surface area contributed by atoms with Gasteiger partial charge in [0.1, 0.15) is 0 Å². The van der Waals surface area contributed by atoms with Gasteiger partial charge in [0.2, 0.25) is 0 Å². The zero-order chi connectivity index (χ0) is 12.1. The fourth-order valence-electron chi connectivity index (χ4n) is 3.84. The van der Waals surface area contributed by atoms with Crippen molar-refractivity contribution in [3.63, 3.8) is 0 Å². The molecule has 0 atom stereocenters. The van der Waals surface area contributed by atoms with Gasteiger partial charge in [-0.2, -0.15) is 0 Å². The molecule has 0 N–H and O–H groups in total. The molecule has 0 nitrogen and oxygen atoms in total. The van der Waals surface area contributed by atoms with Gasteiger partial charge in [0.05, 0.1) is 0 Å². The summed E-state index contributed by atoms with van der Waals surface area (Å²) in [6, 6.07) is 0. The summed E-state index contributed by atoms with van der Waals surface area (Å²) in [7, 11) is 0. The van der Waals surface area contributed by atoms with Gasteiger partial charge >= 0.3 is 0 Å². The van der Waals surface area contributed by atoms with Crippen LogP contribution in [0.15, 0.2) is 12.2 Å². The summed E-state index contributed by atoms with van der Waals surface area (Å²) in [5, 5.41) is 0. The molecule has 0 aromatic rings. The molecule has 0 aromatic heterocycles. The minimum Gasteiger partial charge on any atom is -0.120 e. The summed E-state index contributed by atoms with van der Waals surface area (Å²) >= 11 is 0. The zero-order valence-corrected chi connectivity index (χ0v) is 11.2. The van der Waals surface area contributed by atoms with E-state index >= 15 is 0 Å². The maximum atomic E-state index is 5.52. The van der Waals surface area contributed by atoms with Gasteiger partial charge < -0.3 is 0 Å². The van der Waals surface area contributed by atoms with Crippen LogP contribution >= 0.6 is 0 Å². The first-order valence-electron chi connectivity index (χ1n) is 7.42. The molecule has 0 spiro atoms. The van der Waals surface area contributed by atoms with Crippen molar-refractivity contribution in [1.29, 1.82) is 0 Å². The molecule has 0 amide bonds. The highest BCUT2D eigenvalue weighted by Gasteiger charge is 2.29. The van der Waals surface area contributed by atoms with E-state index in [1.807, 2.05) is 0 Å². The van der Waals surface area contributed by atoms with Crippen LogP contribution in [0.3, 0.4) is 0 Å². The Balaban J connectivity index is 1.76. The van der Waals surface area contributed by atoms with Crippen LogP contribution < -0.4 is 0 Å². The predicted octanol–water partition coefficient (Wildman–Crippen LogP) is 4.81. The smallest absolute Gasteiger partial charge is 0.0200 e. The van der Waals surface area contributed by atoms with Crippen LogP contribution in [0.4, 0.5) is 0 Å². The Morgan fingerprint density at radius 1 is 0.882 bits per heavy atom. The molecule has 17 heavy (non-hydrogen) atoms. The molecule has 2 saturated carbocycles. The fourth-order valence-corrected chi connectivity index (χ4v) is 3.84. The average molecular weight is 230 g/mol. The summed E-state index contributed by atoms with van der Waals surface area (Å²) in [5.74, 6) is 6.41. The molecular formula is C17H26. The lowest BCUT2D eigenvalue weighted by molar-refractivity contribution is 0.168.